The van der Waals surface area contributed by atoms with Gasteiger partial charge in [-0.3, -0.25) is 9.78 Å². The number of hydrogen-bond acceptors (Lipinski definition) is 4. The number of carbonyl (C=O) groups excluding carboxylic acids is 1. The average Bonchev–Trinajstić information content (AvgIpc) is 2.67. The zero-order chi connectivity index (χ0) is 12.3. The van der Waals surface area contributed by atoms with Crippen LogP contribution in [-0.2, 0) is 17.6 Å². The minimum atomic E-state index is 0.147. The maximum Gasteiger partial charge on any atom is 0.145 e. The van der Waals surface area contributed by atoms with Crippen LogP contribution in [0.2, 0.25) is 0 Å². The first kappa shape index (κ1) is 12.4. The standard InChI is InChI=1S/C12H11BrN2OS/c1-8-7-17-12(15-8)5-11(16)4-10-3-2-9(13)6-14-10/h2-3,6-7H,4-5H2,1H3. The first-order valence-electron chi connectivity index (χ1n) is 5.16. The van der Waals surface area contributed by atoms with E-state index in [1.807, 2.05) is 24.4 Å². The lowest BCUT2D eigenvalue weighted by Gasteiger charge is -1.99. The molecule has 17 heavy (non-hydrogen) atoms. The van der Waals surface area contributed by atoms with E-state index in [4.69, 9.17) is 0 Å². The lowest BCUT2D eigenvalue weighted by Crippen LogP contribution is -2.07. The van der Waals surface area contributed by atoms with Gasteiger partial charge in [0.1, 0.15) is 10.8 Å². The third-order valence-electron chi connectivity index (χ3n) is 2.18. The van der Waals surface area contributed by atoms with E-state index >= 15 is 0 Å². The van der Waals surface area contributed by atoms with Crippen LogP contribution in [0.5, 0.6) is 0 Å². The Hall–Kier alpha value is -1.07. The number of aromatic nitrogens is 2. The number of rotatable bonds is 4. The predicted octanol–water partition coefficient (Wildman–Crippen LogP) is 2.96. The Labute approximate surface area is 112 Å². The molecule has 0 radical (unpaired) electrons. The lowest BCUT2D eigenvalue weighted by atomic mass is 10.1. The van der Waals surface area contributed by atoms with E-state index in [9.17, 15) is 4.79 Å². The Balaban J connectivity index is 1.95. The van der Waals surface area contributed by atoms with E-state index in [2.05, 4.69) is 25.9 Å². The number of Topliss-reactive ketones (excluding diaryl/α,β-unsaturated/α-hetero) is 1. The number of ketones is 1. The van der Waals surface area contributed by atoms with Gasteiger partial charge in [-0.15, -0.1) is 11.3 Å². The fraction of sp³-hybridized carbons (Fsp3) is 0.250. The van der Waals surface area contributed by atoms with E-state index in [0.29, 0.717) is 12.8 Å². The van der Waals surface area contributed by atoms with Crippen LogP contribution in [0.1, 0.15) is 16.4 Å². The molecule has 2 aromatic heterocycles. The number of hydrogen-bond donors (Lipinski definition) is 0. The minimum absolute atomic E-state index is 0.147. The fourth-order valence-corrected chi connectivity index (χ4v) is 2.46. The van der Waals surface area contributed by atoms with Crippen LogP contribution in [0.3, 0.4) is 0 Å². The molecule has 0 aromatic carbocycles. The van der Waals surface area contributed by atoms with Crippen molar-refractivity contribution in [3.8, 4) is 0 Å². The van der Waals surface area contributed by atoms with Gasteiger partial charge in [-0.05, 0) is 35.0 Å². The van der Waals surface area contributed by atoms with Crippen molar-refractivity contribution in [2.24, 2.45) is 0 Å². The highest BCUT2D eigenvalue weighted by molar-refractivity contribution is 9.10. The molecule has 0 unspecified atom stereocenters. The Morgan fingerprint density at radius 2 is 2.24 bits per heavy atom. The molecule has 0 amide bonds. The highest BCUT2D eigenvalue weighted by Crippen LogP contribution is 2.12. The summed E-state index contributed by atoms with van der Waals surface area (Å²) < 4.78 is 0.921. The molecule has 0 aliphatic rings. The van der Waals surface area contributed by atoms with Crippen LogP contribution in [0, 0.1) is 6.92 Å². The monoisotopic (exact) mass is 310 g/mol. The molecule has 2 rings (SSSR count). The summed E-state index contributed by atoms with van der Waals surface area (Å²) in [5, 5.41) is 2.84. The zero-order valence-electron chi connectivity index (χ0n) is 9.31. The maximum absolute atomic E-state index is 11.8. The van der Waals surface area contributed by atoms with Gasteiger partial charge in [-0.1, -0.05) is 0 Å². The molecule has 0 saturated heterocycles. The summed E-state index contributed by atoms with van der Waals surface area (Å²) in [7, 11) is 0. The van der Waals surface area contributed by atoms with Gasteiger partial charge in [-0.2, -0.15) is 0 Å². The van der Waals surface area contributed by atoms with Crippen molar-refractivity contribution < 1.29 is 4.79 Å². The normalized spacial score (nSPS) is 10.5. The van der Waals surface area contributed by atoms with Crippen molar-refractivity contribution in [3.63, 3.8) is 0 Å². The van der Waals surface area contributed by atoms with E-state index in [1.54, 1.807) is 6.20 Å². The summed E-state index contributed by atoms with van der Waals surface area (Å²) in [5.41, 5.74) is 1.77. The topological polar surface area (TPSA) is 42.9 Å². The average molecular weight is 311 g/mol. The largest absolute Gasteiger partial charge is 0.299 e. The van der Waals surface area contributed by atoms with Crippen LogP contribution in [0.15, 0.2) is 28.2 Å². The van der Waals surface area contributed by atoms with Crippen molar-refractivity contribution >= 4 is 33.0 Å². The number of carbonyl (C=O) groups is 1. The van der Waals surface area contributed by atoms with Gasteiger partial charge in [0.05, 0.1) is 6.42 Å². The molecule has 3 nitrogen and oxygen atoms in total. The molecule has 2 aromatic rings. The van der Waals surface area contributed by atoms with Gasteiger partial charge in [0.25, 0.3) is 0 Å². The van der Waals surface area contributed by atoms with Crippen LogP contribution in [0.4, 0.5) is 0 Å². The van der Waals surface area contributed by atoms with Crippen molar-refractivity contribution in [3.05, 3.63) is 44.6 Å². The Bertz CT molecular complexity index is 522. The molecule has 0 fully saturated rings. The molecule has 0 spiro atoms. The number of thiazole rings is 1. The van der Waals surface area contributed by atoms with Crippen LogP contribution in [-0.4, -0.2) is 15.8 Å². The summed E-state index contributed by atoms with van der Waals surface area (Å²) >= 11 is 4.84. The number of aryl methyl sites for hydroxylation is 1. The highest BCUT2D eigenvalue weighted by atomic mass is 79.9. The molecule has 0 aliphatic carbocycles. The van der Waals surface area contributed by atoms with Gasteiger partial charge < -0.3 is 0 Å². The predicted molar refractivity (Wildman–Crippen MR) is 71.2 cm³/mol. The first-order valence-corrected chi connectivity index (χ1v) is 6.84. The van der Waals surface area contributed by atoms with Crippen LogP contribution >= 0.6 is 27.3 Å². The molecule has 2 heterocycles. The van der Waals surface area contributed by atoms with Gasteiger partial charge in [0.2, 0.25) is 0 Å². The second-order valence-electron chi connectivity index (χ2n) is 3.74. The van der Waals surface area contributed by atoms with E-state index in [-0.39, 0.29) is 5.78 Å². The molecule has 88 valence electrons. The van der Waals surface area contributed by atoms with Crippen molar-refractivity contribution in [2.45, 2.75) is 19.8 Å². The third-order valence-corrected chi connectivity index (χ3v) is 3.62. The molecule has 0 atom stereocenters. The van der Waals surface area contributed by atoms with Crippen molar-refractivity contribution in [2.75, 3.05) is 0 Å². The summed E-state index contributed by atoms with van der Waals surface area (Å²) in [6.07, 6.45) is 2.47. The summed E-state index contributed by atoms with van der Waals surface area (Å²) in [6.45, 7) is 1.93. The zero-order valence-corrected chi connectivity index (χ0v) is 11.7. The third kappa shape index (κ3) is 3.71. The molecular formula is C12H11BrN2OS. The quantitative estimate of drug-likeness (QED) is 0.872. The van der Waals surface area contributed by atoms with Crippen LogP contribution in [0.25, 0.3) is 0 Å². The molecule has 0 aliphatic heterocycles. The molecule has 0 N–H and O–H groups in total. The molecule has 0 bridgehead atoms. The van der Waals surface area contributed by atoms with E-state index in [0.717, 1.165) is 20.9 Å². The minimum Gasteiger partial charge on any atom is -0.299 e. The van der Waals surface area contributed by atoms with Crippen molar-refractivity contribution in [1.29, 1.82) is 0 Å². The smallest absolute Gasteiger partial charge is 0.145 e. The van der Waals surface area contributed by atoms with E-state index < -0.39 is 0 Å². The van der Waals surface area contributed by atoms with Crippen LogP contribution < -0.4 is 0 Å². The van der Waals surface area contributed by atoms with Gasteiger partial charge in [0, 0.05) is 33.9 Å². The van der Waals surface area contributed by atoms with Gasteiger partial charge in [0.15, 0.2) is 0 Å². The van der Waals surface area contributed by atoms with Gasteiger partial charge >= 0.3 is 0 Å². The number of nitrogens with zero attached hydrogens (tertiary/aromatic N) is 2. The van der Waals surface area contributed by atoms with Crippen molar-refractivity contribution in [1.82, 2.24) is 9.97 Å². The Kier molecular flexibility index (Phi) is 4.02. The summed E-state index contributed by atoms with van der Waals surface area (Å²) in [4.78, 5) is 20.2. The summed E-state index contributed by atoms with van der Waals surface area (Å²) in [5.74, 6) is 0.147. The second kappa shape index (κ2) is 5.51. The number of pyridine rings is 1. The second-order valence-corrected chi connectivity index (χ2v) is 5.60. The summed E-state index contributed by atoms with van der Waals surface area (Å²) in [6, 6.07) is 3.75. The molecule has 5 heteroatoms. The Morgan fingerprint density at radius 3 is 2.82 bits per heavy atom. The molecule has 0 saturated carbocycles. The Morgan fingerprint density at radius 1 is 1.41 bits per heavy atom. The highest BCUT2D eigenvalue weighted by Gasteiger charge is 2.08. The maximum atomic E-state index is 11.8. The molecular weight excluding hydrogens is 300 g/mol. The van der Waals surface area contributed by atoms with Gasteiger partial charge in [-0.25, -0.2) is 4.98 Å². The van der Waals surface area contributed by atoms with E-state index in [1.165, 1.54) is 11.3 Å². The SMILES string of the molecule is Cc1csc(CC(=O)Cc2ccc(Br)cn2)n1. The number of halogens is 1. The fourth-order valence-electron chi connectivity index (χ4n) is 1.43. The first-order chi connectivity index (χ1) is 8.13. The lowest BCUT2D eigenvalue weighted by molar-refractivity contribution is -0.117.